The zero-order valence-electron chi connectivity index (χ0n) is 11.2. The molecule has 0 atom stereocenters. The first-order valence-electron chi connectivity index (χ1n) is 6.10. The van der Waals surface area contributed by atoms with Gasteiger partial charge in [-0.3, -0.25) is 4.79 Å². The molecule has 0 aliphatic heterocycles. The third kappa shape index (κ3) is 3.98. The molecule has 2 rings (SSSR count). The van der Waals surface area contributed by atoms with E-state index in [-0.39, 0.29) is 17.2 Å². The summed E-state index contributed by atoms with van der Waals surface area (Å²) in [7, 11) is 1.60. The van der Waals surface area contributed by atoms with E-state index in [0.29, 0.717) is 15.5 Å². The van der Waals surface area contributed by atoms with Crippen molar-refractivity contribution in [3.05, 3.63) is 56.5 Å². The van der Waals surface area contributed by atoms with Crippen LogP contribution in [0.4, 0.5) is 0 Å². The molecule has 0 aliphatic rings. The van der Waals surface area contributed by atoms with Crippen LogP contribution in [0.25, 0.3) is 0 Å². The molecule has 6 heteroatoms. The largest absolute Gasteiger partial charge is 0.506 e. The normalized spacial score (nSPS) is 10.2. The van der Waals surface area contributed by atoms with Gasteiger partial charge >= 0.3 is 0 Å². The van der Waals surface area contributed by atoms with Crippen LogP contribution in [0.1, 0.15) is 15.9 Å². The van der Waals surface area contributed by atoms with Gasteiger partial charge in [0.05, 0.1) is 17.1 Å². The van der Waals surface area contributed by atoms with Gasteiger partial charge in [0.1, 0.15) is 11.5 Å². The molecule has 0 heterocycles. The number of phenols is 1. The Balaban J connectivity index is 2.08. The fourth-order valence-corrected chi connectivity index (χ4v) is 2.99. The van der Waals surface area contributed by atoms with Crippen molar-refractivity contribution in [2.24, 2.45) is 0 Å². The van der Waals surface area contributed by atoms with Gasteiger partial charge in [0.15, 0.2) is 0 Å². The molecule has 0 bridgehead atoms. The van der Waals surface area contributed by atoms with Gasteiger partial charge in [0, 0.05) is 11.0 Å². The number of methoxy groups -OCH3 is 1. The number of nitrogens with one attached hydrogen (secondary N) is 1. The molecule has 0 aliphatic carbocycles. The lowest BCUT2D eigenvalue weighted by atomic mass is 10.1. The molecule has 0 unspecified atom stereocenters. The SMILES string of the molecule is COc1ccc(CNC(=O)c2cc(Br)cc(Br)c2O)cc1. The van der Waals surface area contributed by atoms with Crippen LogP contribution in [-0.2, 0) is 6.54 Å². The van der Waals surface area contributed by atoms with Crippen molar-refractivity contribution >= 4 is 37.8 Å². The third-order valence-electron chi connectivity index (χ3n) is 2.88. The van der Waals surface area contributed by atoms with Crippen LogP contribution in [0.2, 0.25) is 0 Å². The van der Waals surface area contributed by atoms with Gasteiger partial charge in [-0.2, -0.15) is 0 Å². The minimum absolute atomic E-state index is 0.0783. The molecule has 0 spiro atoms. The van der Waals surface area contributed by atoms with Gasteiger partial charge in [-0.25, -0.2) is 0 Å². The van der Waals surface area contributed by atoms with Crippen molar-refractivity contribution in [2.75, 3.05) is 7.11 Å². The number of carbonyl (C=O) groups is 1. The Labute approximate surface area is 139 Å². The predicted octanol–water partition coefficient (Wildman–Crippen LogP) is 3.86. The molecule has 0 aromatic heterocycles. The number of phenolic OH excluding ortho intramolecular Hbond substituents is 1. The summed E-state index contributed by atoms with van der Waals surface area (Å²) >= 11 is 6.50. The van der Waals surface area contributed by atoms with E-state index >= 15 is 0 Å². The predicted molar refractivity (Wildman–Crippen MR) is 87.7 cm³/mol. The highest BCUT2D eigenvalue weighted by Crippen LogP contribution is 2.31. The molecule has 2 N–H and O–H groups in total. The number of rotatable bonds is 4. The molecule has 110 valence electrons. The maximum Gasteiger partial charge on any atom is 0.255 e. The van der Waals surface area contributed by atoms with Gasteiger partial charge < -0.3 is 15.2 Å². The molecule has 0 saturated carbocycles. The maximum absolute atomic E-state index is 12.1. The third-order valence-corrected chi connectivity index (χ3v) is 3.95. The number of carbonyl (C=O) groups excluding carboxylic acids is 1. The number of ether oxygens (including phenoxy) is 1. The van der Waals surface area contributed by atoms with Gasteiger partial charge in [-0.05, 0) is 45.8 Å². The Morgan fingerprint density at radius 2 is 1.90 bits per heavy atom. The summed E-state index contributed by atoms with van der Waals surface area (Å²) in [4.78, 5) is 12.1. The highest BCUT2D eigenvalue weighted by atomic mass is 79.9. The van der Waals surface area contributed by atoms with Crippen LogP contribution in [0, 0.1) is 0 Å². The van der Waals surface area contributed by atoms with Crippen LogP contribution >= 0.6 is 31.9 Å². The number of aromatic hydroxyl groups is 1. The van der Waals surface area contributed by atoms with E-state index in [1.165, 1.54) is 0 Å². The van der Waals surface area contributed by atoms with Crippen LogP contribution in [0.3, 0.4) is 0 Å². The number of halogens is 2. The Morgan fingerprint density at radius 1 is 1.24 bits per heavy atom. The molecule has 1 amide bonds. The number of hydrogen-bond donors (Lipinski definition) is 2. The second-order valence-electron chi connectivity index (χ2n) is 4.31. The lowest BCUT2D eigenvalue weighted by Gasteiger charge is -2.09. The van der Waals surface area contributed by atoms with Crippen molar-refractivity contribution in [3.8, 4) is 11.5 Å². The van der Waals surface area contributed by atoms with Crippen molar-refractivity contribution < 1.29 is 14.6 Å². The Kier molecular flexibility index (Phi) is 5.25. The van der Waals surface area contributed by atoms with E-state index in [4.69, 9.17) is 4.74 Å². The van der Waals surface area contributed by atoms with E-state index in [2.05, 4.69) is 37.2 Å². The average Bonchev–Trinajstić information content (AvgIpc) is 2.49. The fourth-order valence-electron chi connectivity index (χ4n) is 1.76. The van der Waals surface area contributed by atoms with Crippen molar-refractivity contribution in [3.63, 3.8) is 0 Å². The summed E-state index contributed by atoms with van der Waals surface area (Å²) in [5, 5.41) is 12.7. The second-order valence-corrected chi connectivity index (χ2v) is 6.08. The molecule has 0 fully saturated rings. The molecule has 2 aromatic carbocycles. The van der Waals surface area contributed by atoms with E-state index in [9.17, 15) is 9.90 Å². The number of hydrogen-bond acceptors (Lipinski definition) is 3. The molecular weight excluding hydrogens is 402 g/mol. The Hall–Kier alpha value is -1.53. The molecule has 21 heavy (non-hydrogen) atoms. The monoisotopic (exact) mass is 413 g/mol. The van der Waals surface area contributed by atoms with Crippen molar-refractivity contribution in [2.45, 2.75) is 6.54 Å². The zero-order valence-corrected chi connectivity index (χ0v) is 14.4. The summed E-state index contributed by atoms with van der Waals surface area (Å²) in [6.07, 6.45) is 0. The standard InChI is InChI=1S/C15H13Br2NO3/c1-21-11-4-2-9(3-5-11)8-18-15(20)12-6-10(16)7-13(17)14(12)19/h2-7,19H,8H2,1H3,(H,18,20). The highest BCUT2D eigenvalue weighted by Gasteiger charge is 2.14. The van der Waals surface area contributed by atoms with Crippen LogP contribution in [-0.4, -0.2) is 18.1 Å². The first kappa shape index (κ1) is 15.9. The fraction of sp³-hybridized carbons (Fsp3) is 0.133. The maximum atomic E-state index is 12.1. The molecular formula is C15H13Br2NO3. The minimum Gasteiger partial charge on any atom is -0.506 e. The average molecular weight is 415 g/mol. The molecule has 4 nitrogen and oxygen atoms in total. The lowest BCUT2D eigenvalue weighted by Crippen LogP contribution is -2.23. The van der Waals surface area contributed by atoms with Gasteiger partial charge in [-0.15, -0.1) is 0 Å². The van der Waals surface area contributed by atoms with E-state index in [0.717, 1.165) is 11.3 Å². The van der Waals surface area contributed by atoms with Gasteiger partial charge in [-0.1, -0.05) is 28.1 Å². The summed E-state index contributed by atoms with van der Waals surface area (Å²) in [5.41, 5.74) is 1.16. The molecule has 0 radical (unpaired) electrons. The topological polar surface area (TPSA) is 58.6 Å². The molecule has 2 aromatic rings. The number of amides is 1. The first-order valence-corrected chi connectivity index (χ1v) is 7.69. The summed E-state index contributed by atoms with van der Waals surface area (Å²) in [6, 6.07) is 10.6. The second kappa shape index (κ2) is 6.95. The van der Waals surface area contributed by atoms with Crippen molar-refractivity contribution in [1.82, 2.24) is 5.32 Å². The summed E-state index contributed by atoms with van der Waals surface area (Å²) in [6.45, 7) is 0.367. The van der Waals surface area contributed by atoms with Gasteiger partial charge in [0.25, 0.3) is 5.91 Å². The van der Waals surface area contributed by atoms with Crippen LogP contribution in [0.15, 0.2) is 45.3 Å². The highest BCUT2D eigenvalue weighted by molar-refractivity contribution is 9.11. The quantitative estimate of drug-likeness (QED) is 0.798. The lowest BCUT2D eigenvalue weighted by molar-refractivity contribution is 0.0948. The molecule has 0 saturated heterocycles. The van der Waals surface area contributed by atoms with Crippen LogP contribution in [0.5, 0.6) is 11.5 Å². The Bertz CT molecular complexity index is 657. The smallest absolute Gasteiger partial charge is 0.255 e. The first-order chi connectivity index (χ1) is 10.0. The van der Waals surface area contributed by atoms with Crippen molar-refractivity contribution in [1.29, 1.82) is 0 Å². The van der Waals surface area contributed by atoms with E-state index in [1.807, 2.05) is 24.3 Å². The van der Waals surface area contributed by atoms with Gasteiger partial charge in [0.2, 0.25) is 0 Å². The van der Waals surface area contributed by atoms with E-state index in [1.54, 1.807) is 19.2 Å². The van der Waals surface area contributed by atoms with Crippen LogP contribution < -0.4 is 10.1 Å². The zero-order chi connectivity index (χ0) is 15.4. The summed E-state index contributed by atoms with van der Waals surface area (Å²) < 4.78 is 6.25. The van der Waals surface area contributed by atoms with E-state index < -0.39 is 0 Å². The summed E-state index contributed by atoms with van der Waals surface area (Å²) in [5.74, 6) is 0.342. The Morgan fingerprint density at radius 3 is 2.52 bits per heavy atom. The minimum atomic E-state index is -0.342. The number of benzene rings is 2.